The van der Waals surface area contributed by atoms with Crippen molar-refractivity contribution in [3.05, 3.63) is 6.61 Å². The van der Waals surface area contributed by atoms with Crippen molar-refractivity contribution >= 4 is 0 Å². The Bertz CT molecular complexity index is 57.4. The number of aliphatic hydroxyl groups is 1. The van der Waals surface area contributed by atoms with Gasteiger partial charge in [-0.05, 0) is 11.8 Å². The van der Waals surface area contributed by atoms with E-state index in [4.69, 9.17) is 5.11 Å². The summed E-state index contributed by atoms with van der Waals surface area (Å²) in [6.45, 7) is 7.44. The van der Waals surface area contributed by atoms with Crippen molar-refractivity contribution in [2.75, 3.05) is 0 Å². The van der Waals surface area contributed by atoms with Gasteiger partial charge in [-0.3, -0.25) is 0 Å². The van der Waals surface area contributed by atoms with Crippen molar-refractivity contribution in [3.8, 4) is 0 Å². The van der Waals surface area contributed by atoms with Crippen LogP contribution in [0, 0.1) is 12.0 Å². The van der Waals surface area contributed by atoms with E-state index in [1.807, 2.05) is 13.8 Å². The highest BCUT2D eigenvalue weighted by atomic mass is 16.3. The van der Waals surface area contributed by atoms with E-state index in [1.54, 1.807) is 0 Å². The minimum Gasteiger partial charge on any atom is -0.390 e. The standard InChI is InChI=1S/C7H15O/c1-4-5-7(2,3)6-8/h6,8H,4-5H2,1-3H3. The molecular formula is C7H15O. The molecule has 0 fully saturated rings. The van der Waals surface area contributed by atoms with E-state index in [1.165, 1.54) is 6.61 Å². The van der Waals surface area contributed by atoms with Crippen LogP contribution in [-0.4, -0.2) is 5.11 Å². The summed E-state index contributed by atoms with van der Waals surface area (Å²) >= 11 is 0. The SMILES string of the molecule is CCCC(C)(C)[CH]O. The van der Waals surface area contributed by atoms with Gasteiger partial charge in [-0.2, -0.15) is 0 Å². The van der Waals surface area contributed by atoms with Crippen LogP contribution in [0.4, 0.5) is 0 Å². The lowest BCUT2D eigenvalue weighted by molar-refractivity contribution is 0.229. The molecule has 1 radical (unpaired) electrons. The second kappa shape index (κ2) is 3.08. The van der Waals surface area contributed by atoms with Gasteiger partial charge in [-0.1, -0.05) is 27.2 Å². The van der Waals surface area contributed by atoms with Gasteiger partial charge in [0.15, 0.2) is 0 Å². The van der Waals surface area contributed by atoms with Gasteiger partial charge >= 0.3 is 0 Å². The first-order valence-corrected chi connectivity index (χ1v) is 3.11. The molecule has 0 aliphatic carbocycles. The van der Waals surface area contributed by atoms with Gasteiger partial charge in [0.05, 0.1) is 6.61 Å². The Morgan fingerprint density at radius 1 is 1.50 bits per heavy atom. The summed E-state index contributed by atoms with van der Waals surface area (Å²) in [7, 11) is 0. The van der Waals surface area contributed by atoms with Crippen LogP contribution in [0.25, 0.3) is 0 Å². The van der Waals surface area contributed by atoms with Crippen LogP contribution < -0.4 is 0 Å². The Kier molecular flexibility index (Phi) is 3.06. The molecule has 0 saturated heterocycles. The normalized spacial score (nSPS) is 12.0. The second-order valence-electron chi connectivity index (χ2n) is 2.87. The van der Waals surface area contributed by atoms with Crippen LogP contribution >= 0.6 is 0 Å². The summed E-state index contributed by atoms with van der Waals surface area (Å²) in [4.78, 5) is 0. The Labute approximate surface area is 51.7 Å². The van der Waals surface area contributed by atoms with E-state index < -0.39 is 0 Å². The van der Waals surface area contributed by atoms with E-state index in [2.05, 4.69) is 6.92 Å². The van der Waals surface area contributed by atoms with Crippen LogP contribution in [0.1, 0.15) is 33.6 Å². The summed E-state index contributed by atoms with van der Waals surface area (Å²) in [5.41, 5.74) is 0.0226. The van der Waals surface area contributed by atoms with Crippen LogP contribution in [0.3, 0.4) is 0 Å². The van der Waals surface area contributed by atoms with Gasteiger partial charge in [0.1, 0.15) is 0 Å². The summed E-state index contributed by atoms with van der Waals surface area (Å²) in [5.74, 6) is 0. The minimum atomic E-state index is 0.0226. The summed E-state index contributed by atoms with van der Waals surface area (Å²) in [6.07, 6.45) is 2.19. The third-order valence-corrected chi connectivity index (χ3v) is 1.24. The lowest BCUT2D eigenvalue weighted by atomic mass is 9.89. The monoisotopic (exact) mass is 115 g/mol. The van der Waals surface area contributed by atoms with E-state index in [9.17, 15) is 0 Å². The maximum absolute atomic E-state index is 8.60. The van der Waals surface area contributed by atoms with Crippen molar-refractivity contribution in [2.24, 2.45) is 5.41 Å². The number of aliphatic hydroxyl groups excluding tert-OH is 1. The third-order valence-electron chi connectivity index (χ3n) is 1.24. The molecule has 0 aliphatic rings. The van der Waals surface area contributed by atoms with Crippen molar-refractivity contribution in [3.63, 3.8) is 0 Å². The minimum absolute atomic E-state index is 0.0226. The Balaban J connectivity index is 3.37. The molecule has 1 nitrogen and oxygen atoms in total. The third kappa shape index (κ3) is 3.03. The van der Waals surface area contributed by atoms with Crippen LogP contribution in [0.5, 0.6) is 0 Å². The summed E-state index contributed by atoms with van der Waals surface area (Å²) < 4.78 is 0. The first-order valence-electron chi connectivity index (χ1n) is 3.11. The molecule has 1 heteroatoms. The molecule has 0 saturated carbocycles. The zero-order valence-electron chi connectivity index (χ0n) is 5.94. The highest BCUT2D eigenvalue weighted by Crippen LogP contribution is 2.23. The number of rotatable bonds is 3. The van der Waals surface area contributed by atoms with Crippen molar-refractivity contribution in [1.29, 1.82) is 0 Å². The molecule has 0 unspecified atom stereocenters. The lowest BCUT2D eigenvalue weighted by Crippen LogP contribution is -2.10. The molecule has 1 N–H and O–H groups in total. The molecule has 0 bridgehead atoms. The van der Waals surface area contributed by atoms with Gasteiger partial charge in [-0.25, -0.2) is 0 Å². The fourth-order valence-electron chi connectivity index (χ4n) is 0.709. The van der Waals surface area contributed by atoms with Crippen LogP contribution in [0.15, 0.2) is 0 Å². The van der Waals surface area contributed by atoms with Gasteiger partial charge in [0, 0.05) is 0 Å². The Morgan fingerprint density at radius 2 is 2.00 bits per heavy atom. The average molecular weight is 115 g/mol. The van der Waals surface area contributed by atoms with Gasteiger partial charge in [0.25, 0.3) is 0 Å². The fourth-order valence-corrected chi connectivity index (χ4v) is 0.709. The quantitative estimate of drug-likeness (QED) is 0.598. The van der Waals surface area contributed by atoms with Crippen LogP contribution in [0.2, 0.25) is 0 Å². The first kappa shape index (κ1) is 7.96. The van der Waals surface area contributed by atoms with Gasteiger partial charge in [-0.15, -0.1) is 0 Å². The largest absolute Gasteiger partial charge is 0.390 e. The zero-order valence-corrected chi connectivity index (χ0v) is 5.94. The van der Waals surface area contributed by atoms with Gasteiger partial charge < -0.3 is 5.11 Å². The second-order valence-corrected chi connectivity index (χ2v) is 2.87. The molecular weight excluding hydrogens is 100 g/mol. The predicted molar refractivity (Wildman–Crippen MR) is 34.9 cm³/mol. The highest BCUT2D eigenvalue weighted by Gasteiger charge is 2.14. The van der Waals surface area contributed by atoms with Crippen molar-refractivity contribution in [1.82, 2.24) is 0 Å². The van der Waals surface area contributed by atoms with E-state index in [0.717, 1.165) is 12.8 Å². The molecule has 0 heterocycles. The molecule has 0 rings (SSSR count). The van der Waals surface area contributed by atoms with E-state index >= 15 is 0 Å². The molecule has 0 atom stereocenters. The molecule has 49 valence electrons. The number of hydrogen-bond donors (Lipinski definition) is 1. The zero-order chi connectivity index (χ0) is 6.62. The topological polar surface area (TPSA) is 20.2 Å². The van der Waals surface area contributed by atoms with Gasteiger partial charge in [0.2, 0.25) is 0 Å². The molecule has 0 aromatic rings. The van der Waals surface area contributed by atoms with Crippen molar-refractivity contribution < 1.29 is 5.11 Å². The molecule has 0 aliphatic heterocycles. The molecule has 0 aromatic carbocycles. The lowest BCUT2D eigenvalue weighted by Gasteiger charge is -2.18. The molecule has 0 aromatic heterocycles. The molecule has 8 heavy (non-hydrogen) atoms. The smallest absolute Gasteiger partial charge is 0.0855 e. The maximum Gasteiger partial charge on any atom is 0.0855 e. The molecule has 0 spiro atoms. The fraction of sp³-hybridized carbons (Fsp3) is 0.857. The average Bonchev–Trinajstić information content (AvgIpc) is 1.67. The van der Waals surface area contributed by atoms with Crippen LogP contribution in [-0.2, 0) is 0 Å². The highest BCUT2D eigenvalue weighted by molar-refractivity contribution is 4.74. The van der Waals surface area contributed by atoms with Crippen molar-refractivity contribution in [2.45, 2.75) is 33.6 Å². The Hall–Kier alpha value is -0.0400. The number of hydrogen-bond acceptors (Lipinski definition) is 1. The summed E-state index contributed by atoms with van der Waals surface area (Å²) in [6, 6.07) is 0. The predicted octanol–water partition coefficient (Wildman–Crippen LogP) is 2.35. The molecule has 0 amide bonds. The van der Waals surface area contributed by atoms with E-state index in [-0.39, 0.29) is 5.41 Å². The first-order chi connectivity index (χ1) is 3.62. The Morgan fingerprint density at radius 3 is 2.12 bits per heavy atom. The van der Waals surface area contributed by atoms with E-state index in [0.29, 0.717) is 0 Å². The summed E-state index contributed by atoms with van der Waals surface area (Å²) in [5, 5.41) is 8.60. The maximum atomic E-state index is 8.60.